The minimum atomic E-state index is -0.0271. The van der Waals surface area contributed by atoms with Crippen LogP contribution in [0.1, 0.15) is 65.8 Å². The summed E-state index contributed by atoms with van der Waals surface area (Å²) >= 11 is 0. The molecule has 2 aromatic rings. The van der Waals surface area contributed by atoms with Gasteiger partial charge in [0.05, 0.1) is 5.56 Å². The van der Waals surface area contributed by atoms with Crippen LogP contribution in [-0.4, -0.2) is 56.4 Å². The van der Waals surface area contributed by atoms with Crippen LogP contribution in [0.2, 0.25) is 0 Å². The van der Waals surface area contributed by atoms with Crippen LogP contribution in [0.15, 0.2) is 60.2 Å². The van der Waals surface area contributed by atoms with E-state index >= 15 is 0 Å². The van der Waals surface area contributed by atoms with Gasteiger partial charge in [0.2, 0.25) is 0 Å². The standard InChI is InChI=1S/C30H37N3O2/c1-29(2)25(23-10-8-22(20-34)9-11-23)12-14-30(3)21-33(17-13-27(29)30)28(35)24-6-4-5-7-26(24)32-18-15-31-16-19-32/h4-11,13,20,25,31H,12,14-19,21H2,1-3H3/t25?,30-/m1/s1. The van der Waals surface area contributed by atoms with Crippen molar-refractivity contribution in [2.45, 2.75) is 39.5 Å². The maximum Gasteiger partial charge on any atom is 0.256 e. The van der Waals surface area contributed by atoms with Gasteiger partial charge in [0.1, 0.15) is 6.29 Å². The summed E-state index contributed by atoms with van der Waals surface area (Å²) in [6.07, 6.45) is 5.36. The number of amides is 1. The van der Waals surface area contributed by atoms with Gasteiger partial charge in [-0.3, -0.25) is 9.59 Å². The Morgan fingerprint density at radius 2 is 1.74 bits per heavy atom. The van der Waals surface area contributed by atoms with Crippen molar-refractivity contribution in [1.82, 2.24) is 10.2 Å². The predicted molar refractivity (Wildman–Crippen MR) is 141 cm³/mol. The Hall–Kier alpha value is -2.92. The van der Waals surface area contributed by atoms with Crippen molar-refractivity contribution >= 4 is 17.9 Å². The first-order valence-electron chi connectivity index (χ1n) is 12.9. The number of benzene rings is 2. The Labute approximate surface area is 209 Å². The van der Waals surface area contributed by atoms with Crippen molar-refractivity contribution in [1.29, 1.82) is 0 Å². The van der Waals surface area contributed by atoms with Crippen LogP contribution in [0.4, 0.5) is 5.69 Å². The van der Waals surface area contributed by atoms with Crippen molar-refractivity contribution in [2.24, 2.45) is 10.8 Å². The van der Waals surface area contributed by atoms with E-state index in [0.717, 1.165) is 68.7 Å². The first-order chi connectivity index (χ1) is 16.8. The highest BCUT2D eigenvalue weighted by atomic mass is 16.2. The molecule has 5 heteroatoms. The highest BCUT2D eigenvalue weighted by Gasteiger charge is 2.49. The zero-order valence-electron chi connectivity index (χ0n) is 21.2. The average molecular weight is 472 g/mol. The molecule has 2 atom stereocenters. The van der Waals surface area contributed by atoms with Gasteiger partial charge in [-0.2, -0.15) is 0 Å². The quantitative estimate of drug-likeness (QED) is 0.509. The zero-order valence-corrected chi connectivity index (χ0v) is 21.2. The molecule has 0 aromatic heterocycles. The van der Waals surface area contributed by atoms with Crippen LogP contribution < -0.4 is 10.2 Å². The summed E-state index contributed by atoms with van der Waals surface area (Å²) in [5.41, 5.74) is 5.33. The molecule has 35 heavy (non-hydrogen) atoms. The van der Waals surface area contributed by atoms with Gasteiger partial charge in [-0.1, -0.05) is 68.8 Å². The van der Waals surface area contributed by atoms with Crippen LogP contribution in [0, 0.1) is 10.8 Å². The zero-order chi connectivity index (χ0) is 24.6. The molecule has 5 rings (SSSR count). The molecule has 1 unspecified atom stereocenters. The molecular formula is C30H37N3O2. The molecule has 1 N–H and O–H groups in total. The van der Waals surface area contributed by atoms with E-state index in [0.29, 0.717) is 12.5 Å². The number of hydrogen-bond acceptors (Lipinski definition) is 4. The topological polar surface area (TPSA) is 52.7 Å². The summed E-state index contributed by atoms with van der Waals surface area (Å²) in [5, 5.41) is 3.40. The summed E-state index contributed by atoms with van der Waals surface area (Å²) in [5.74, 6) is 0.540. The number of piperazine rings is 1. The fourth-order valence-corrected chi connectivity index (χ4v) is 6.84. The molecule has 2 heterocycles. The van der Waals surface area contributed by atoms with Crippen LogP contribution in [0.3, 0.4) is 0 Å². The minimum Gasteiger partial charge on any atom is -0.368 e. The van der Waals surface area contributed by atoms with Gasteiger partial charge in [0.15, 0.2) is 0 Å². The lowest BCUT2D eigenvalue weighted by atomic mass is 9.53. The molecule has 0 bridgehead atoms. The molecule has 2 aliphatic heterocycles. The van der Waals surface area contributed by atoms with Crippen molar-refractivity contribution in [3.05, 3.63) is 76.9 Å². The van der Waals surface area contributed by atoms with E-state index in [4.69, 9.17) is 0 Å². The van der Waals surface area contributed by atoms with Crippen molar-refractivity contribution < 1.29 is 9.59 Å². The molecule has 3 aliphatic rings. The molecule has 5 nitrogen and oxygen atoms in total. The number of carbonyl (C=O) groups is 2. The molecule has 1 aliphatic carbocycles. The summed E-state index contributed by atoms with van der Waals surface area (Å²) in [4.78, 5) is 29.3. The average Bonchev–Trinajstić information content (AvgIpc) is 2.88. The van der Waals surface area contributed by atoms with Crippen LogP contribution in [-0.2, 0) is 0 Å². The summed E-state index contributed by atoms with van der Waals surface area (Å²) < 4.78 is 0. The SMILES string of the molecule is CC1(C)C2=CCN(C(=O)c3ccccc3N3CCNCC3)C[C@@]2(C)CCC1c1ccc(C=O)cc1. The van der Waals surface area contributed by atoms with Gasteiger partial charge in [-0.15, -0.1) is 0 Å². The Bertz CT molecular complexity index is 1130. The molecule has 0 spiro atoms. The first kappa shape index (κ1) is 23.8. The van der Waals surface area contributed by atoms with E-state index in [2.05, 4.69) is 60.2 Å². The number of nitrogens with one attached hydrogen (secondary N) is 1. The van der Waals surface area contributed by atoms with Crippen LogP contribution in [0.5, 0.6) is 0 Å². The van der Waals surface area contributed by atoms with Crippen molar-refractivity contribution in [3.63, 3.8) is 0 Å². The number of nitrogens with zero attached hydrogens (tertiary/aromatic N) is 2. The third kappa shape index (κ3) is 4.31. The smallest absolute Gasteiger partial charge is 0.256 e. The lowest BCUT2D eigenvalue weighted by molar-refractivity contribution is 0.0597. The fourth-order valence-electron chi connectivity index (χ4n) is 6.84. The van der Waals surface area contributed by atoms with E-state index in [1.807, 2.05) is 30.3 Å². The van der Waals surface area contributed by atoms with Crippen LogP contribution >= 0.6 is 0 Å². The van der Waals surface area contributed by atoms with Gasteiger partial charge in [-0.25, -0.2) is 0 Å². The second kappa shape index (κ2) is 9.27. The lowest BCUT2D eigenvalue weighted by Gasteiger charge is -2.54. The first-order valence-corrected chi connectivity index (χ1v) is 12.9. The number of aldehydes is 1. The number of fused-ring (bicyclic) bond motifs is 1. The van der Waals surface area contributed by atoms with Gasteiger partial charge < -0.3 is 15.1 Å². The predicted octanol–water partition coefficient (Wildman–Crippen LogP) is 4.90. The minimum absolute atomic E-state index is 0.0104. The highest BCUT2D eigenvalue weighted by molar-refractivity contribution is 6.00. The summed E-state index contributed by atoms with van der Waals surface area (Å²) in [6, 6.07) is 16.2. The molecule has 2 fully saturated rings. The van der Waals surface area contributed by atoms with Crippen molar-refractivity contribution in [2.75, 3.05) is 44.2 Å². The van der Waals surface area contributed by atoms with E-state index in [1.54, 1.807) is 0 Å². The van der Waals surface area contributed by atoms with Crippen LogP contribution in [0.25, 0.3) is 0 Å². The monoisotopic (exact) mass is 471 g/mol. The summed E-state index contributed by atoms with van der Waals surface area (Å²) in [6.45, 7) is 12.2. The summed E-state index contributed by atoms with van der Waals surface area (Å²) in [7, 11) is 0. The molecule has 1 saturated carbocycles. The molecule has 1 amide bonds. The number of anilines is 1. The number of carbonyl (C=O) groups excluding carboxylic acids is 2. The molecular weight excluding hydrogens is 434 g/mol. The Balaban J connectivity index is 1.40. The lowest BCUT2D eigenvalue weighted by Crippen LogP contribution is -2.51. The Morgan fingerprint density at radius 3 is 2.46 bits per heavy atom. The molecule has 184 valence electrons. The Morgan fingerprint density at radius 1 is 1.03 bits per heavy atom. The van der Waals surface area contributed by atoms with E-state index in [9.17, 15) is 9.59 Å². The van der Waals surface area contributed by atoms with Gasteiger partial charge in [0.25, 0.3) is 5.91 Å². The fraction of sp³-hybridized carbons (Fsp3) is 0.467. The van der Waals surface area contributed by atoms with Gasteiger partial charge in [-0.05, 0) is 41.9 Å². The number of rotatable bonds is 4. The molecule has 0 radical (unpaired) electrons. The Kier molecular flexibility index (Phi) is 6.30. The highest BCUT2D eigenvalue weighted by Crippen LogP contribution is 2.58. The third-order valence-corrected chi connectivity index (χ3v) is 8.61. The maximum atomic E-state index is 13.8. The van der Waals surface area contributed by atoms with Crippen molar-refractivity contribution in [3.8, 4) is 0 Å². The van der Waals surface area contributed by atoms with Gasteiger partial charge in [0, 0.05) is 55.9 Å². The van der Waals surface area contributed by atoms with E-state index in [1.165, 1.54) is 11.1 Å². The maximum absolute atomic E-state index is 13.8. The largest absolute Gasteiger partial charge is 0.368 e. The number of para-hydroxylation sites is 1. The van der Waals surface area contributed by atoms with E-state index in [-0.39, 0.29) is 16.7 Å². The molecule has 2 aromatic carbocycles. The van der Waals surface area contributed by atoms with E-state index < -0.39 is 0 Å². The molecule has 1 saturated heterocycles. The number of hydrogen-bond donors (Lipinski definition) is 1. The normalized spacial score (nSPS) is 26.0. The van der Waals surface area contributed by atoms with Gasteiger partial charge >= 0.3 is 0 Å². The second-order valence-corrected chi connectivity index (χ2v) is 11.2. The second-order valence-electron chi connectivity index (χ2n) is 11.2. The third-order valence-electron chi connectivity index (χ3n) is 8.61.